The van der Waals surface area contributed by atoms with Crippen molar-refractivity contribution >= 4 is 30.7 Å². The Labute approximate surface area is 149 Å². The number of H-pyrrole nitrogens is 1. The van der Waals surface area contributed by atoms with Crippen LogP contribution in [0.15, 0.2) is 12.4 Å². The molecule has 1 spiro atoms. The van der Waals surface area contributed by atoms with Gasteiger partial charge in [-0.3, -0.25) is 9.89 Å². The van der Waals surface area contributed by atoms with Gasteiger partial charge in [0.2, 0.25) is 5.91 Å². The van der Waals surface area contributed by atoms with Gasteiger partial charge in [-0.1, -0.05) is 0 Å². The molecule has 1 aromatic heterocycles. The van der Waals surface area contributed by atoms with E-state index in [2.05, 4.69) is 20.4 Å². The predicted molar refractivity (Wildman–Crippen MR) is 94.3 cm³/mol. The molecule has 3 fully saturated rings. The first-order chi connectivity index (χ1) is 10.3. The number of piperidine rings is 2. The molecule has 7 heteroatoms. The molecule has 4 rings (SSSR count). The smallest absolute Gasteiger partial charge is 0.226 e. The maximum Gasteiger partial charge on any atom is 0.226 e. The summed E-state index contributed by atoms with van der Waals surface area (Å²) in [6, 6.07) is 0. The number of aromatic amines is 1. The Kier molecular flexibility index (Phi) is 5.98. The molecular weight excluding hydrogens is 335 g/mol. The van der Waals surface area contributed by atoms with Crippen LogP contribution in [0, 0.1) is 11.3 Å². The van der Waals surface area contributed by atoms with Crippen LogP contribution in [0.1, 0.15) is 43.6 Å². The lowest BCUT2D eigenvalue weighted by Crippen LogP contribution is -2.40. The second kappa shape index (κ2) is 7.41. The number of likely N-dealkylation sites (tertiary alicyclic amines) is 1. The van der Waals surface area contributed by atoms with E-state index in [1.165, 1.54) is 18.4 Å². The van der Waals surface area contributed by atoms with E-state index >= 15 is 0 Å². The van der Waals surface area contributed by atoms with E-state index < -0.39 is 0 Å². The highest BCUT2D eigenvalue weighted by atomic mass is 35.5. The number of carbonyl (C=O) groups is 1. The average Bonchev–Trinajstić information content (AvgIpc) is 2.99. The summed E-state index contributed by atoms with van der Waals surface area (Å²) in [4.78, 5) is 14.8. The lowest BCUT2D eigenvalue weighted by atomic mass is 9.89. The summed E-state index contributed by atoms with van der Waals surface area (Å²) in [7, 11) is 0. The zero-order valence-electron chi connectivity index (χ0n) is 13.3. The summed E-state index contributed by atoms with van der Waals surface area (Å²) in [6.45, 7) is 4.01. The first-order valence-corrected chi connectivity index (χ1v) is 8.27. The van der Waals surface area contributed by atoms with Crippen molar-refractivity contribution in [3.8, 4) is 0 Å². The molecule has 2 N–H and O–H groups in total. The van der Waals surface area contributed by atoms with Crippen LogP contribution in [0.25, 0.3) is 0 Å². The van der Waals surface area contributed by atoms with Crippen LogP contribution < -0.4 is 5.32 Å². The fourth-order valence-corrected chi connectivity index (χ4v) is 4.31. The first-order valence-electron chi connectivity index (χ1n) is 8.27. The lowest BCUT2D eigenvalue weighted by molar-refractivity contribution is -0.134. The second-order valence-corrected chi connectivity index (χ2v) is 7.00. The molecule has 1 saturated carbocycles. The van der Waals surface area contributed by atoms with Gasteiger partial charge in [0.15, 0.2) is 0 Å². The van der Waals surface area contributed by atoms with Gasteiger partial charge in [0.1, 0.15) is 0 Å². The molecule has 130 valence electrons. The molecular formula is C16H26Cl2N4O. The predicted octanol–water partition coefficient (Wildman–Crippen LogP) is 2.35. The van der Waals surface area contributed by atoms with Gasteiger partial charge in [0.25, 0.3) is 0 Å². The van der Waals surface area contributed by atoms with Crippen LogP contribution >= 0.6 is 24.8 Å². The van der Waals surface area contributed by atoms with Gasteiger partial charge in [-0.05, 0) is 62.1 Å². The molecule has 1 atom stereocenters. The van der Waals surface area contributed by atoms with Crippen LogP contribution in [0.4, 0.5) is 0 Å². The van der Waals surface area contributed by atoms with Crippen molar-refractivity contribution in [2.24, 2.45) is 11.3 Å². The highest BCUT2D eigenvalue weighted by Crippen LogP contribution is 2.59. The molecule has 0 bridgehead atoms. The van der Waals surface area contributed by atoms with Gasteiger partial charge in [-0.2, -0.15) is 5.10 Å². The van der Waals surface area contributed by atoms with Gasteiger partial charge >= 0.3 is 0 Å². The second-order valence-electron chi connectivity index (χ2n) is 7.00. The quantitative estimate of drug-likeness (QED) is 0.850. The molecule has 23 heavy (non-hydrogen) atoms. The Hall–Kier alpha value is -0.780. The molecule has 5 nitrogen and oxygen atoms in total. The monoisotopic (exact) mass is 360 g/mol. The number of nitrogens with zero attached hydrogens (tertiary/aromatic N) is 2. The number of hydrogen-bond acceptors (Lipinski definition) is 3. The minimum atomic E-state index is 0. The number of amides is 1. The van der Waals surface area contributed by atoms with Crippen LogP contribution in [0.2, 0.25) is 0 Å². The van der Waals surface area contributed by atoms with E-state index in [0.717, 1.165) is 45.4 Å². The Morgan fingerprint density at radius 2 is 1.91 bits per heavy atom. The number of halogens is 2. The van der Waals surface area contributed by atoms with E-state index in [1.54, 1.807) is 0 Å². The molecule has 2 saturated heterocycles. The Morgan fingerprint density at radius 1 is 1.22 bits per heavy atom. The van der Waals surface area contributed by atoms with Gasteiger partial charge in [-0.25, -0.2) is 0 Å². The molecule has 1 aromatic rings. The van der Waals surface area contributed by atoms with E-state index in [0.29, 0.717) is 23.2 Å². The zero-order chi connectivity index (χ0) is 14.3. The number of hydrogen-bond donors (Lipinski definition) is 2. The van der Waals surface area contributed by atoms with Crippen molar-refractivity contribution < 1.29 is 4.79 Å². The van der Waals surface area contributed by atoms with Crippen LogP contribution in [0.3, 0.4) is 0 Å². The van der Waals surface area contributed by atoms with Crippen molar-refractivity contribution in [3.05, 3.63) is 18.0 Å². The van der Waals surface area contributed by atoms with E-state index in [4.69, 9.17) is 0 Å². The maximum atomic E-state index is 12.7. The maximum absolute atomic E-state index is 12.7. The third-order valence-electron chi connectivity index (χ3n) is 5.88. The van der Waals surface area contributed by atoms with Crippen molar-refractivity contribution in [1.29, 1.82) is 0 Å². The third-order valence-corrected chi connectivity index (χ3v) is 5.88. The van der Waals surface area contributed by atoms with Gasteiger partial charge in [-0.15, -0.1) is 24.8 Å². The van der Waals surface area contributed by atoms with Crippen molar-refractivity contribution in [2.45, 2.75) is 38.0 Å². The number of aromatic nitrogens is 2. The van der Waals surface area contributed by atoms with Gasteiger partial charge < -0.3 is 10.2 Å². The fraction of sp³-hybridized carbons (Fsp3) is 0.750. The molecule has 1 amide bonds. The van der Waals surface area contributed by atoms with Crippen LogP contribution in [-0.4, -0.2) is 47.2 Å². The van der Waals surface area contributed by atoms with Crippen LogP contribution in [0.5, 0.6) is 0 Å². The highest BCUT2D eigenvalue weighted by Gasteiger charge is 2.58. The molecule has 0 radical (unpaired) electrons. The van der Waals surface area contributed by atoms with Crippen molar-refractivity contribution in [2.75, 3.05) is 26.2 Å². The van der Waals surface area contributed by atoms with E-state index in [1.807, 2.05) is 12.4 Å². The Balaban J connectivity index is 0.000000960. The summed E-state index contributed by atoms with van der Waals surface area (Å²) in [5.74, 6) is 1.33. The van der Waals surface area contributed by atoms with E-state index in [9.17, 15) is 4.79 Å². The van der Waals surface area contributed by atoms with Gasteiger partial charge in [0, 0.05) is 25.2 Å². The SMILES string of the molecule is Cl.Cl.O=C(C1CC12CCNCC2)N1CCC(c2cn[nH]c2)CC1. The van der Waals surface area contributed by atoms with Crippen molar-refractivity contribution in [3.63, 3.8) is 0 Å². The Morgan fingerprint density at radius 3 is 2.52 bits per heavy atom. The first kappa shape index (κ1) is 18.6. The number of nitrogens with one attached hydrogen (secondary N) is 2. The summed E-state index contributed by atoms with van der Waals surface area (Å²) < 4.78 is 0. The standard InChI is InChI=1S/C16H24N4O.2ClH/c21-15(14-9-16(14)3-5-17-6-4-16)20-7-1-12(2-8-20)13-10-18-19-11-13;;/h10-12,14,17H,1-9H2,(H,18,19);2*1H. The number of carbonyl (C=O) groups excluding carboxylic acids is 1. The topological polar surface area (TPSA) is 61.0 Å². The normalized spacial score (nSPS) is 26.3. The number of rotatable bonds is 2. The Bertz CT molecular complexity index is 508. The summed E-state index contributed by atoms with van der Waals surface area (Å²) in [5.41, 5.74) is 1.66. The molecule has 1 aliphatic carbocycles. The third kappa shape index (κ3) is 3.52. The molecule has 0 aromatic carbocycles. The summed E-state index contributed by atoms with van der Waals surface area (Å²) in [6.07, 6.45) is 9.58. The lowest BCUT2D eigenvalue weighted by Gasteiger charge is -2.33. The largest absolute Gasteiger partial charge is 0.342 e. The summed E-state index contributed by atoms with van der Waals surface area (Å²) >= 11 is 0. The van der Waals surface area contributed by atoms with Crippen molar-refractivity contribution in [1.82, 2.24) is 20.4 Å². The fourth-order valence-electron chi connectivity index (χ4n) is 4.31. The zero-order valence-corrected chi connectivity index (χ0v) is 14.9. The minimum Gasteiger partial charge on any atom is -0.342 e. The van der Waals surface area contributed by atoms with E-state index in [-0.39, 0.29) is 24.8 Å². The highest BCUT2D eigenvalue weighted by molar-refractivity contribution is 5.85. The molecule has 3 heterocycles. The van der Waals surface area contributed by atoms with Gasteiger partial charge in [0.05, 0.1) is 6.20 Å². The molecule has 1 unspecified atom stereocenters. The summed E-state index contributed by atoms with van der Waals surface area (Å²) in [5, 5.41) is 10.3. The van der Waals surface area contributed by atoms with Crippen LogP contribution in [-0.2, 0) is 4.79 Å². The minimum absolute atomic E-state index is 0. The average molecular weight is 361 g/mol. The molecule has 3 aliphatic rings. The molecule has 2 aliphatic heterocycles.